The maximum Gasteiger partial charge on any atom is 0.295 e. The first kappa shape index (κ1) is 21.0. The Kier molecular flexibility index (Phi) is 5.86. The number of Topliss-reactive ketones (excluding diaryl/α,β-unsaturated/α-hetero) is 1. The van der Waals surface area contributed by atoms with Gasteiger partial charge in [-0.3, -0.25) is 9.59 Å². The van der Waals surface area contributed by atoms with Gasteiger partial charge >= 0.3 is 0 Å². The number of benzene rings is 2. The molecule has 2 aromatic carbocycles. The lowest BCUT2D eigenvalue weighted by atomic mass is 9.94. The molecule has 0 bridgehead atoms. The van der Waals surface area contributed by atoms with Crippen LogP contribution in [0.15, 0.2) is 42.0 Å². The van der Waals surface area contributed by atoms with Crippen LogP contribution in [-0.4, -0.2) is 57.2 Å². The van der Waals surface area contributed by atoms with Gasteiger partial charge in [0, 0.05) is 18.2 Å². The molecule has 1 aliphatic heterocycles. The summed E-state index contributed by atoms with van der Waals surface area (Å²) in [5, 5.41) is 11.0. The van der Waals surface area contributed by atoms with Crippen LogP contribution in [0.4, 0.5) is 0 Å². The summed E-state index contributed by atoms with van der Waals surface area (Å²) in [7, 11) is 7.46. The van der Waals surface area contributed by atoms with Crippen molar-refractivity contribution in [3.8, 4) is 23.0 Å². The van der Waals surface area contributed by atoms with E-state index in [-0.39, 0.29) is 11.3 Å². The second-order valence-electron chi connectivity index (χ2n) is 6.59. The number of aliphatic hydroxyl groups is 1. The maximum absolute atomic E-state index is 12.8. The fourth-order valence-electron chi connectivity index (χ4n) is 3.50. The number of amides is 1. The molecule has 1 saturated heterocycles. The van der Waals surface area contributed by atoms with E-state index in [4.69, 9.17) is 18.9 Å². The molecule has 3 rings (SSSR count). The van der Waals surface area contributed by atoms with Crippen LogP contribution < -0.4 is 18.9 Å². The molecule has 1 unspecified atom stereocenters. The molecule has 0 aliphatic carbocycles. The molecule has 0 aromatic heterocycles. The number of likely N-dealkylation sites (N-methyl/N-ethyl adjacent to an activating group) is 1. The van der Waals surface area contributed by atoms with Crippen molar-refractivity contribution in [3.63, 3.8) is 0 Å². The van der Waals surface area contributed by atoms with Gasteiger partial charge in [0.1, 0.15) is 17.3 Å². The Balaban J connectivity index is 2.23. The summed E-state index contributed by atoms with van der Waals surface area (Å²) >= 11 is 0. The van der Waals surface area contributed by atoms with Gasteiger partial charge in [0.25, 0.3) is 11.7 Å². The first-order valence-corrected chi connectivity index (χ1v) is 9.06. The zero-order chi connectivity index (χ0) is 22.0. The number of rotatable bonds is 6. The van der Waals surface area contributed by atoms with Crippen LogP contribution in [0, 0.1) is 0 Å². The number of hydrogen-bond donors (Lipinski definition) is 1. The van der Waals surface area contributed by atoms with Crippen LogP contribution in [0.2, 0.25) is 0 Å². The van der Waals surface area contributed by atoms with Gasteiger partial charge in [-0.2, -0.15) is 0 Å². The van der Waals surface area contributed by atoms with Crippen molar-refractivity contribution in [1.29, 1.82) is 0 Å². The van der Waals surface area contributed by atoms with Crippen molar-refractivity contribution in [3.05, 3.63) is 53.1 Å². The zero-order valence-electron chi connectivity index (χ0n) is 17.4. The van der Waals surface area contributed by atoms with Gasteiger partial charge in [0.05, 0.1) is 40.1 Å². The summed E-state index contributed by atoms with van der Waals surface area (Å²) in [5.41, 5.74) is 0.771. The third kappa shape index (κ3) is 3.41. The Morgan fingerprint density at radius 1 is 0.867 bits per heavy atom. The third-order valence-electron chi connectivity index (χ3n) is 5.06. The van der Waals surface area contributed by atoms with E-state index < -0.39 is 17.7 Å². The topological polar surface area (TPSA) is 94.5 Å². The van der Waals surface area contributed by atoms with E-state index in [1.54, 1.807) is 30.3 Å². The summed E-state index contributed by atoms with van der Waals surface area (Å²) < 4.78 is 21.2. The van der Waals surface area contributed by atoms with Crippen molar-refractivity contribution in [2.45, 2.75) is 6.04 Å². The van der Waals surface area contributed by atoms with Crippen molar-refractivity contribution in [2.24, 2.45) is 0 Å². The third-order valence-corrected chi connectivity index (χ3v) is 5.06. The molecule has 158 valence electrons. The van der Waals surface area contributed by atoms with E-state index >= 15 is 0 Å². The first-order valence-electron chi connectivity index (χ1n) is 9.06. The van der Waals surface area contributed by atoms with E-state index in [1.807, 2.05) is 0 Å². The number of hydrogen-bond acceptors (Lipinski definition) is 7. The van der Waals surface area contributed by atoms with E-state index in [0.717, 1.165) is 0 Å². The molecular weight excluding hydrogens is 390 g/mol. The molecule has 1 atom stereocenters. The van der Waals surface area contributed by atoms with Crippen molar-refractivity contribution in [2.75, 3.05) is 35.5 Å². The largest absolute Gasteiger partial charge is 0.507 e. The Bertz CT molecular complexity index is 1030. The van der Waals surface area contributed by atoms with E-state index in [0.29, 0.717) is 34.1 Å². The Hall–Kier alpha value is -3.68. The second-order valence-corrected chi connectivity index (χ2v) is 6.59. The van der Waals surface area contributed by atoms with Gasteiger partial charge in [0.15, 0.2) is 11.5 Å². The number of carbonyl (C=O) groups excluding carboxylic acids is 2. The molecular formula is C22H23NO7. The predicted molar refractivity (Wildman–Crippen MR) is 109 cm³/mol. The smallest absolute Gasteiger partial charge is 0.295 e. The lowest BCUT2D eigenvalue weighted by molar-refractivity contribution is -0.139. The monoisotopic (exact) mass is 413 g/mol. The van der Waals surface area contributed by atoms with Gasteiger partial charge in [-0.15, -0.1) is 0 Å². The number of nitrogens with zero attached hydrogens (tertiary/aromatic N) is 1. The van der Waals surface area contributed by atoms with Crippen molar-refractivity contribution in [1.82, 2.24) is 4.90 Å². The fourth-order valence-corrected chi connectivity index (χ4v) is 3.50. The Morgan fingerprint density at radius 3 is 2.10 bits per heavy atom. The quantitative estimate of drug-likeness (QED) is 0.442. The van der Waals surface area contributed by atoms with Crippen molar-refractivity contribution < 1.29 is 33.6 Å². The summed E-state index contributed by atoms with van der Waals surface area (Å²) in [6.45, 7) is 0. The summed E-state index contributed by atoms with van der Waals surface area (Å²) in [6.07, 6.45) is 0. The number of ether oxygens (including phenoxy) is 4. The first-order chi connectivity index (χ1) is 14.4. The van der Waals surface area contributed by atoms with Crippen LogP contribution >= 0.6 is 0 Å². The van der Waals surface area contributed by atoms with Gasteiger partial charge in [0.2, 0.25) is 0 Å². The van der Waals surface area contributed by atoms with E-state index in [9.17, 15) is 14.7 Å². The summed E-state index contributed by atoms with van der Waals surface area (Å²) in [4.78, 5) is 26.6. The number of aliphatic hydroxyl groups excluding tert-OH is 1. The van der Waals surface area contributed by atoms with Crippen LogP contribution in [0.25, 0.3) is 5.76 Å². The van der Waals surface area contributed by atoms with Gasteiger partial charge in [-0.1, -0.05) is 0 Å². The zero-order valence-corrected chi connectivity index (χ0v) is 17.4. The molecule has 0 saturated carbocycles. The van der Waals surface area contributed by atoms with E-state index in [2.05, 4.69) is 0 Å². The molecule has 8 nitrogen and oxygen atoms in total. The summed E-state index contributed by atoms with van der Waals surface area (Å²) in [5.74, 6) is -0.0254. The highest BCUT2D eigenvalue weighted by Gasteiger charge is 2.45. The normalized spacial score (nSPS) is 17.8. The molecule has 30 heavy (non-hydrogen) atoms. The Morgan fingerprint density at radius 2 is 1.50 bits per heavy atom. The lowest BCUT2D eigenvalue weighted by Gasteiger charge is -2.23. The molecule has 1 N–H and O–H groups in total. The SMILES string of the molecule is COc1ccc(OC)c(C2C(=C(O)c3ccc(OC)c(OC)c3)C(=O)C(=O)N2C)c1. The molecule has 2 aromatic rings. The van der Waals surface area contributed by atoms with E-state index in [1.165, 1.54) is 46.5 Å². The molecule has 8 heteroatoms. The number of ketones is 1. The minimum atomic E-state index is -0.858. The van der Waals surface area contributed by atoms with Crippen LogP contribution in [0.5, 0.6) is 23.0 Å². The minimum absolute atomic E-state index is 0.0544. The van der Waals surface area contributed by atoms with Gasteiger partial charge in [-0.05, 0) is 36.4 Å². The van der Waals surface area contributed by atoms with Crippen LogP contribution in [0.1, 0.15) is 17.2 Å². The molecule has 1 amide bonds. The average Bonchev–Trinajstić information content (AvgIpc) is 3.01. The molecule has 0 radical (unpaired) electrons. The number of likely N-dealkylation sites (tertiary alicyclic amines) is 1. The molecule has 1 heterocycles. The van der Waals surface area contributed by atoms with Crippen LogP contribution in [0.3, 0.4) is 0 Å². The Labute approximate surface area is 174 Å². The number of carbonyl (C=O) groups is 2. The van der Waals surface area contributed by atoms with Gasteiger partial charge < -0.3 is 29.0 Å². The summed E-state index contributed by atoms with van der Waals surface area (Å²) in [6, 6.07) is 8.93. The minimum Gasteiger partial charge on any atom is -0.507 e. The highest BCUT2D eigenvalue weighted by Crippen LogP contribution is 2.43. The number of methoxy groups -OCH3 is 4. The van der Waals surface area contributed by atoms with Crippen LogP contribution in [-0.2, 0) is 9.59 Å². The average molecular weight is 413 g/mol. The lowest BCUT2D eigenvalue weighted by Crippen LogP contribution is -2.25. The molecule has 0 spiro atoms. The standard InChI is InChI=1S/C22H23NO7/c1-23-19(14-11-13(27-2)7-9-15(14)28-3)18(21(25)22(23)26)20(24)12-6-8-16(29-4)17(10-12)30-5/h6-11,19,24H,1-5H3. The highest BCUT2D eigenvalue weighted by atomic mass is 16.5. The predicted octanol–water partition coefficient (Wildman–Crippen LogP) is 2.77. The van der Waals surface area contributed by atoms with Gasteiger partial charge in [-0.25, -0.2) is 0 Å². The highest BCUT2D eigenvalue weighted by molar-refractivity contribution is 6.46. The second kappa shape index (κ2) is 8.36. The maximum atomic E-state index is 12.8. The van der Waals surface area contributed by atoms with Crippen molar-refractivity contribution >= 4 is 17.4 Å². The molecule has 1 fully saturated rings. The fraction of sp³-hybridized carbons (Fsp3) is 0.273. The molecule has 1 aliphatic rings.